The van der Waals surface area contributed by atoms with Gasteiger partial charge in [0, 0.05) is 26.0 Å². The molecule has 6 nitrogen and oxygen atoms in total. The molecule has 0 saturated carbocycles. The van der Waals surface area contributed by atoms with Gasteiger partial charge in [-0.1, -0.05) is 24.3 Å². The predicted molar refractivity (Wildman–Crippen MR) is 114 cm³/mol. The first kappa shape index (κ1) is 20.4. The quantitative estimate of drug-likeness (QED) is 0.626. The molecule has 0 spiro atoms. The zero-order valence-corrected chi connectivity index (χ0v) is 16.9. The molecule has 6 heteroatoms. The Hall–Kier alpha value is -3.38. The Balaban J connectivity index is 1.55. The average Bonchev–Trinajstić information content (AvgIpc) is 2.74. The van der Waals surface area contributed by atoms with Crippen LogP contribution in [-0.2, 0) is 18.0 Å². The van der Waals surface area contributed by atoms with Crippen molar-refractivity contribution in [1.82, 2.24) is 4.98 Å². The summed E-state index contributed by atoms with van der Waals surface area (Å²) in [6.07, 6.45) is 1.58. The monoisotopic (exact) mass is 391 g/mol. The predicted octanol–water partition coefficient (Wildman–Crippen LogP) is 4.13. The summed E-state index contributed by atoms with van der Waals surface area (Å²) in [5.41, 5.74) is 3.29. The molecule has 0 bridgehead atoms. The van der Waals surface area contributed by atoms with Gasteiger partial charge < -0.3 is 19.7 Å². The Labute approximate surface area is 171 Å². The minimum Gasteiger partial charge on any atom is -0.497 e. The summed E-state index contributed by atoms with van der Waals surface area (Å²) in [6.45, 7) is 0.958. The van der Waals surface area contributed by atoms with E-state index in [4.69, 9.17) is 9.47 Å². The maximum Gasteiger partial charge on any atom is 0.257 e. The molecule has 0 saturated heterocycles. The van der Waals surface area contributed by atoms with Gasteiger partial charge in [0.1, 0.15) is 11.6 Å². The summed E-state index contributed by atoms with van der Waals surface area (Å²) >= 11 is 0. The summed E-state index contributed by atoms with van der Waals surface area (Å²) in [5, 5.41) is 2.91. The van der Waals surface area contributed by atoms with Gasteiger partial charge in [0.2, 0.25) is 0 Å². The van der Waals surface area contributed by atoms with Gasteiger partial charge in [0.05, 0.1) is 25.9 Å². The van der Waals surface area contributed by atoms with E-state index in [0.717, 1.165) is 28.4 Å². The van der Waals surface area contributed by atoms with Crippen molar-refractivity contribution in [3.63, 3.8) is 0 Å². The van der Waals surface area contributed by atoms with Gasteiger partial charge in [0.25, 0.3) is 5.91 Å². The SMILES string of the molecule is COc1ccc(COCc2cccc(NC(=O)c3ccc(N(C)C)nc3)c2)cc1. The number of benzene rings is 2. The Morgan fingerprint density at radius 1 is 1.00 bits per heavy atom. The van der Waals surface area contributed by atoms with Crippen LogP contribution >= 0.6 is 0 Å². The van der Waals surface area contributed by atoms with Crippen LogP contribution in [-0.4, -0.2) is 32.1 Å². The van der Waals surface area contributed by atoms with Gasteiger partial charge in [0.15, 0.2) is 0 Å². The van der Waals surface area contributed by atoms with Gasteiger partial charge in [-0.05, 0) is 47.5 Å². The van der Waals surface area contributed by atoms with E-state index in [2.05, 4.69) is 10.3 Å². The number of rotatable bonds is 8. The maximum absolute atomic E-state index is 12.5. The first-order valence-electron chi connectivity index (χ1n) is 9.29. The molecular weight excluding hydrogens is 366 g/mol. The van der Waals surface area contributed by atoms with Crippen molar-refractivity contribution in [2.45, 2.75) is 13.2 Å². The number of amides is 1. The number of carbonyl (C=O) groups is 1. The third-order valence-corrected chi connectivity index (χ3v) is 4.35. The normalized spacial score (nSPS) is 10.4. The number of hydrogen-bond donors (Lipinski definition) is 1. The van der Waals surface area contributed by atoms with Crippen molar-refractivity contribution < 1.29 is 14.3 Å². The second kappa shape index (κ2) is 9.71. The average molecular weight is 391 g/mol. The Bertz CT molecular complexity index is 938. The van der Waals surface area contributed by atoms with E-state index < -0.39 is 0 Å². The lowest BCUT2D eigenvalue weighted by molar-refractivity contribution is 0.102. The summed E-state index contributed by atoms with van der Waals surface area (Å²) < 4.78 is 10.9. The first-order chi connectivity index (χ1) is 14.0. The number of hydrogen-bond acceptors (Lipinski definition) is 5. The fourth-order valence-electron chi connectivity index (χ4n) is 2.74. The Morgan fingerprint density at radius 2 is 1.76 bits per heavy atom. The summed E-state index contributed by atoms with van der Waals surface area (Å²) in [6, 6.07) is 19.0. The molecule has 3 aromatic rings. The molecule has 0 fully saturated rings. The molecular formula is C23H25N3O3. The van der Waals surface area contributed by atoms with Crippen molar-refractivity contribution in [2.75, 3.05) is 31.4 Å². The molecule has 2 aromatic carbocycles. The van der Waals surface area contributed by atoms with E-state index in [-0.39, 0.29) is 5.91 Å². The van der Waals surface area contributed by atoms with Gasteiger partial charge in [-0.2, -0.15) is 0 Å². The lowest BCUT2D eigenvalue weighted by atomic mass is 10.2. The second-order valence-electron chi connectivity index (χ2n) is 6.79. The molecule has 0 radical (unpaired) electrons. The standard InChI is InChI=1S/C23H25N3O3/c1-26(2)22-12-9-19(14-24-22)23(27)25-20-6-4-5-18(13-20)16-29-15-17-7-10-21(28-3)11-8-17/h4-14H,15-16H2,1-3H3,(H,25,27). The van der Waals surface area contributed by atoms with E-state index in [1.165, 1.54) is 0 Å². The van der Waals surface area contributed by atoms with Crippen LogP contribution in [0.1, 0.15) is 21.5 Å². The lowest BCUT2D eigenvalue weighted by Crippen LogP contribution is -2.14. The fraction of sp³-hybridized carbons (Fsp3) is 0.217. The summed E-state index contributed by atoms with van der Waals surface area (Å²) in [7, 11) is 5.46. The highest BCUT2D eigenvalue weighted by Gasteiger charge is 2.08. The highest BCUT2D eigenvalue weighted by molar-refractivity contribution is 6.04. The number of anilines is 2. The number of carbonyl (C=O) groups excluding carboxylic acids is 1. The van der Waals surface area contributed by atoms with Crippen molar-refractivity contribution in [3.05, 3.63) is 83.6 Å². The van der Waals surface area contributed by atoms with Crippen LogP contribution < -0.4 is 15.0 Å². The van der Waals surface area contributed by atoms with Crippen LogP contribution in [0.5, 0.6) is 5.75 Å². The number of nitrogens with zero attached hydrogens (tertiary/aromatic N) is 2. The van der Waals surface area contributed by atoms with E-state index in [0.29, 0.717) is 18.8 Å². The number of aromatic nitrogens is 1. The van der Waals surface area contributed by atoms with Crippen molar-refractivity contribution in [3.8, 4) is 5.75 Å². The van der Waals surface area contributed by atoms with Gasteiger partial charge >= 0.3 is 0 Å². The topological polar surface area (TPSA) is 63.7 Å². The van der Waals surface area contributed by atoms with Gasteiger partial charge in [-0.15, -0.1) is 0 Å². The van der Waals surface area contributed by atoms with E-state index >= 15 is 0 Å². The fourth-order valence-corrected chi connectivity index (χ4v) is 2.74. The number of methoxy groups -OCH3 is 1. The second-order valence-corrected chi connectivity index (χ2v) is 6.79. The van der Waals surface area contributed by atoms with Gasteiger partial charge in [-0.3, -0.25) is 4.79 Å². The molecule has 1 N–H and O–H groups in total. The van der Waals surface area contributed by atoms with Crippen LogP contribution in [0.15, 0.2) is 66.9 Å². The summed E-state index contributed by atoms with van der Waals surface area (Å²) in [5.74, 6) is 1.43. The maximum atomic E-state index is 12.5. The molecule has 150 valence electrons. The molecule has 0 atom stereocenters. The Morgan fingerprint density at radius 3 is 2.41 bits per heavy atom. The van der Waals surface area contributed by atoms with Crippen LogP contribution in [0.4, 0.5) is 11.5 Å². The number of nitrogens with one attached hydrogen (secondary N) is 1. The molecule has 29 heavy (non-hydrogen) atoms. The third kappa shape index (κ3) is 5.80. The van der Waals surface area contributed by atoms with E-state index in [1.54, 1.807) is 19.4 Å². The highest BCUT2D eigenvalue weighted by atomic mass is 16.5. The molecule has 1 heterocycles. The zero-order valence-electron chi connectivity index (χ0n) is 16.9. The highest BCUT2D eigenvalue weighted by Crippen LogP contribution is 2.16. The smallest absolute Gasteiger partial charge is 0.257 e. The van der Waals surface area contributed by atoms with E-state index in [9.17, 15) is 4.79 Å². The van der Waals surface area contributed by atoms with Crippen LogP contribution in [0.25, 0.3) is 0 Å². The molecule has 0 aliphatic carbocycles. The largest absolute Gasteiger partial charge is 0.497 e. The van der Waals surface area contributed by atoms with Crippen LogP contribution in [0, 0.1) is 0 Å². The number of ether oxygens (including phenoxy) is 2. The number of pyridine rings is 1. The van der Waals surface area contributed by atoms with Crippen molar-refractivity contribution in [1.29, 1.82) is 0 Å². The molecule has 0 aliphatic heterocycles. The van der Waals surface area contributed by atoms with Crippen molar-refractivity contribution >= 4 is 17.4 Å². The first-order valence-corrected chi connectivity index (χ1v) is 9.29. The zero-order chi connectivity index (χ0) is 20.6. The van der Waals surface area contributed by atoms with Crippen LogP contribution in [0.2, 0.25) is 0 Å². The van der Waals surface area contributed by atoms with Crippen molar-refractivity contribution in [2.24, 2.45) is 0 Å². The molecule has 1 amide bonds. The van der Waals surface area contributed by atoms with E-state index in [1.807, 2.05) is 73.6 Å². The summed E-state index contributed by atoms with van der Waals surface area (Å²) in [4.78, 5) is 18.6. The Kier molecular flexibility index (Phi) is 6.81. The molecule has 1 aromatic heterocycles. The molecule has 0 unspecified atom stereocenters. The molecule has 0 aliphatic rings. The van der Waals surface area contributed by atoms with Gasteiger partial charge in [-0.25, -0.2) is 4.98 Å². The minimum atomic E-state index is -0.195. The lowest BCUT2D eigenvalue weighted by Gasteiger charge is -2.12. The third-order valence-electron chi connectivity index (χ3n) is 4.35. The molecule has 3 rings (SSSR count). The minimum absolute atomic E-state index is 0.195. The van der Waals surface area contributed by atoms with Crippen LogP contribution in [0.3, 0.4) is 0 Å².